The molecular weight excluding hydrogens is 344 g/mol. The summed E-state index contributed by atoms with van der Waals surface area (Å²) >= 11 is 0. The first kappa shape index (κ1) is 21.4. The number of ether oxygens (including phenoxy) is 1. The lowest BCUT2D eigenvalue weighted by molar-refractivity contribution is -0.135. The standard InChI is InChI=1S/C12H18N4O2.2C2H4O2/c1-2-12-7-15(6-10-5-13-9-14-10)3-4-16(12)11(17)18-8-12;2*1-2(3)4/h5,9H,2-4,6-8H2,1H3,(H,13,14);2*1H3,(H,3,4). The third kappa shape index (κ3) is 6.36. The molecule has 1 unspecified atom stereocenters. The van der Waals surface area contributed by atoms with Gasteiger partial charge in [0.1, 0.15) is 6.61 Å². The predicted octanol–water partition coefficient (Wildman–Crippen LogP) is 1.01. The molecule has 3 N–H and O–H groups in total. The van der Waals surface area contributed by atoms with Gasteiger partial charge in [-0.25, -0.2) is 9.78 Å². The van der Waals surface area contributed by atoms with Crippen LogP contribution in [0.25, 0.3) is 0 Å². The summed E-state index contributed by atoms with van der Waals surface area (Å²) in [5, 5.41) is 14.8. The van der Waals surface area contributed by atoms with Crippen LogP contribution in [0.1, 0.15) is 32.9 Å². The van der Waals surface area contributed by atoms with Gasteiger partial charge in [0, 0.05) is 51.9 Å². The number of cyclic esters (lactones) is 1. The topological polar surface area (TPSA) is 136 Å². The number of aliphatic carboxylic acids is 2. The number of aromatic amines is 1. The molecule has 3 heterocycles. The van der Waals surface area contributed by atoms with E-state index < -0.39 is 11.9 Å². The van der Waals surface area contributed by atoms with E-state index in [1.165, 1.54) is 0 Å². The van der Waals surface area contributed by atoms with Crippen LogP contribution in [-0.4, -0.2) is 79.8 Å². The zero-order valence-electron chi connectivity index (χ0n) is 15.3. The zero-order valence-corrected chi connectivity index (χ0v) is 15.3. The molecule has 0 aromatic carbocycles. The van der Waals surface area contributed by atoms with E-state index in [0.717, 1.165) is 52.1 Å². The van der Waals surface area contributed by atoms with Crippen LogP contribution in [0.3, 0.4) is 0 Å². The molecule has 0 radical (unpaired) electrons. The van der Waals surface area contributed by atoms with Gasteiger partial charge in [-0.1, -0.05) is 6.92 Å². The molecule has 3 rings (SSSR count). The zero-order chi connectivity index (χ0) is 19.7. The molecule has 1 atom stereocenters. The first-order valence-corrected chi connectivity index (χ1v) is 8.23. The highest BCUT2D eigenvalue weighted by atomic mass is 16.6. The molecule has 0 bridgehead atoms. The maximum absolute atomic E-state index is 11.7. The van der Waals surface area contributed by atoms with Crippen molar-refractivity contribution in [3.63, 3.8) is 0 Å². The first-order valence-electron chi connectivity index (χ1n) is 8.23. The number of hydrogen-bond acceptors (Lipinski definition) is 6. The molecule has 0 spiro atoms. The normalized spacial score (nSPS) is 21.5. The Morgan fingerprint density at radius 2 is 1.92 bits per heavy atom. The molecule has 146 valence electrons. The first-order chi connectivity index (χ1) is 12.2. The minimum absolute atomic E-state index is 0.130. The van der Waals surface area contributed by atoms with Crippen molar-refractivity contribution in [2.75, 3.05) is 26.2 Å². The van der Waals surface area contributed by atoms with Gasteiger partial charge in [-0.05, 0) is 6.42 Å². The smallest absolute Gasteiger partial charge is 0.410 e. The number of fused-ring (bicyclic) bond motifs is 1. The second kappa shape index (κ2) is 9.76. The highest BCUT2D eigenvalue weighted by Crippen LogP contribution is 2.31. The Morgan fingerprint density at radius 1 is 1.31 bits per heavy atom. The quantitative estimate of drug-likeness (QED) is 0.717. The summed E-state index contributed by atoms with van der Waals surface area (Å²) in [5.74, 6) is -1.67. The molecule has 10 heteroatoms. The van der Waals surface area contributed by atoms with E-state index in [4.69, 9.17) is 24.5 Å². The summed E-state index contributed by atoms with van der Waals surface area (Å²) in [6, 6.07) is 0. The number of carboxylic acid groups (broad SMARTS) is 2. The average Bonchev–Trinajstić information content (AvgIpc) is 3.15. The number of piperazine rings is 1. The third-order valence-corrected chi connectivity index (χ3v) is 4.02. The van der Waals surface area contributed by atoms with Gasteiger partial charge in [-0.2, -0.15) is 0 Å². The Kier molecular flexibility index (Phi) is 8.04. The van der Waals surface area contributed by atoms with Gasteiger partial charge in [0.2, 0.25) is 0 Å². The number of amides is 1. The number of imidazole rings is 1. The fraction of sp³-hybridized carbons (Fsp3) is 0.625. The molecule has 1 aromatic rings. The average molecular weight is 370 g/mol. The van der Waals surface area contributed by atoms with Gasteiger partial charge in [0.25, 0.3) is 11.9 Å². The van der Waals surface area contributed by atoms with E-state index in [-0.39, 0.29) is 11.6 Å². The van der Waals surface area contributed by atoms with Gasteiger partial charge >= 0.3 is 6.09 Å². The largest absolute Gasteiger partial charge is 0.481 e. The highest BCUT2D eigenvalue weighted by molar-refractivity contribution is 5.71. The Labute approximate surface area is 151 Å². The Bertz CT molecular complexity index is 586. The molecule has 1 amide bonds. The Balaban J connectivity index is 0.000000360. The van der Waals surface area contributed by atoms with E-state index in [9.17, 15) is 4.79 Å². The molecule has 10 nitrogen and oxygen atoms in total. The highest BCUT2D eigenvalue weighted by Gasteiger charge is 2.49. The lowest BCUT2D eigenvalue weighted by Gasteiger charge is -2.44. The van der Waals surface area contributed by atoms with Crippen molar-refractivity contribution in [1.29, 1.82) is 0 Å². The molecule has 1 aromatic heterocycles. The van der Waals surface area contributed by atoms with Crippen molar-refractivity contribution in [3.8, 4) is 0 Å². The maximum Gasteiger partial charge on any atom is 0.410 e. The van der Waals surface area contributed by atoms with Gasteiger partial charge in [0.15, 0.2) is 0 Å². The van der Waals surface area contributed by atoms with Crippen LogP contribution in [-0.2, 0) is 20.9 Å². The molecule has 2 fully saturated rings. The van der Waals surface area contributed by atoms with Crippen LogP contribution in [0, 0.1) is 0 Å². The summed E-state index contributed by atoms with van der Waals surface area (Å²) in [6.07, 6.45) is 4.32. The lowest BCUT2D eigenvalue weighted by atomic mass is 9.93. The summed E-state index contributed by atoms with van der Waals surface area (Å²) in [5.41, 5.74) is 0.981. The molecule has 0 saturated carbocycles. The van der Waals surface area contributed by atoms with Crippen molar-refractivity contribution in [1.82, 2.24) is 19.8 Å². The molecule has 2 aliphatic rings. The van der Waals surface area contributed by atoms with Crippen LogP contribution in [0.2, 0.25) is 0 Å². The van der Waals surface area contributed by atoms with Crippen LogP contribution in [0.15, 0.2) is 12.5 Å². The maximum atomic E-state index is 11.7. The van der Waals surface area contributed by atoms with Crippen molar-refractivity contribution in [2.24, 2.45) is 0 Å². The van der Waals surface area contributed by atoms with Gasteiger partial charge in [0.05, 0.1) is 11.9 Å². The second-order valence-corrected chi connectivity index (χ2v) is 6.11. The minimum Gasteiger partial charge on any atom is -0.481 e. The Morgan fingerprint density at radius 3 is 2.42 bits per heavy atom. The monoisotopic (exact) mass is 370 g/mol. The number of hydrogen-bond donors (Lipinski definition) is 3. The molecule has 2 saturated heterocycles. The van der Waals surface area contributed by atoms with Crippen LogP contribution < -0.4 is 0 Å². The number of carbonyl (C=O) groups is 3. The number of carboxylic acids is 2. The van der Waals surface area contributed by atoms with E-state index in [2.05, 4.69) is 21.8 Å². The number of nitrogens with zero attached hydrogens (tertiary/aromatic N) is 3. The number of aromatic nitrogens is 2. The van der Waals surface area contributed by atoms with E-state index in [1.807, 2.05) is 11.1 Å². The van der Waals surface area contributed by atoms with E-state index in [1.54, 1.807) is 6.33 Å². The molecule has 2 aliphatic heterocycles. The fourth-order valence-electron chi connectivity index (χ4n) is 2.89. The van der Waals surface area contributed by atoms with E-state index in [0.29, 0.717) is 6.61 Å². The van der Waals surface area contributed by atoms with Crippen molar-refractivity contribution >= 4 is 18.0 Å². The van der Waals surface area contributed by atoms with Crippen molar-refractivity contribution in [2.45, 2.75) is 39.3 Å². The SMILES string of the molecule is CC(=O)O.CC(=O)O.CCC12COC(=O)N1CCN(Cc1cnc[nH]1)C2. The molecular formula is C16H26N4O6. The lowest BCUT2D eigenvalue weighted by Crippen LogP contribution is -2.60. The number of rotatable bonds is 3. The number of nitrogens with one attached hydrogen (secondary N) is 1. The number of H-pyrrole nitrogens is 1. The summed E-state index contributed by atoms with van der Waals surface area (Å²) in [6.45, 7) is 8.16. The predicted molar refractivity (Wildman–Crippen MR) is 91.6 cm³/mol. The van der Waals surface area contributed by atoms with Gasteiger partial charge in [-0.3, -0.25) is 19.4 Å². The van der Waals surface area contributed by atoms with Gasteiger partial charge < -0.3 is 19.9 Å². The second-order valence-electron chi connectivity index (χ2n) is 6.11. The van der Waals surface area contributed by atoms with Crippen molar-refractivity contribution in [3.05, 3.63) is 18.2 Å². The Hall–Kier alpha value is -2.62. The molecule has 0 aliphatic carbocycles. The van der Waals surface area contributed by atoms with Crippen molar-refractivity contribution < 1.29 is 29.3 Å². The van der Waals surface area contributed by atoms with Crippen LogP contribution in [0.5, 0.6) is 0 Å². The summed E-state index contributed by atoms with van der Waals surface area (Å²) < 4.78 is 5.22. The number of carbonyl (C=O) groups excluding carboxylic acids is 1. The van der Waals surface area contributed by atoms with Gasteiger partial charge in [-0.15, -0.1) is 0 Å². The minimum atomic E-state index is -0.833. The summed E-state index contributed by atoms with van der Waals surface area (Å²) in [4.78, 5) is 41.1. The fourth-order valence-corrected chi connectivity index (χ4v) is 2.89. The van der Waals surface area contributed by atoms with Crippen LogP contribution in [0.4, 0.5) is 4.79 Å². The molecule has 26 heavy (non-hydrogen) atoms. The third-order valence-electron chi connectivity index (χ3n) is 4.02. The summed E-state index contributed by atoms with van der Waals surface area (Å²) in [7, 11) is 0. The van der Waals surface area contributed by atoms with E-state index >= 15 is 0 Å². The van der Waals surface area contributed by atoms with Crippen LogP contribution >= 0.6 is 0 Å².